The molecule has 0 spiro atoms. The molecular weight excluding hydrogens is 375 g/mol. The van der Waals surface area contributed by atoms with Crippen molar-refractivity contribution in [1.29, 1.82) is 0 Å². The Morgan fingerprint density at radius 3 is 2.84 bits per heavy atom. The van der Waals surface area contributed by atoms with E-state index in [1.807, 2.05) is 26.0 Å². The second-order valence-electron chi connectivity index (χ2n) is 4.18. The summed E-state index contributed by atoms with van der Waals surface area (Å²) in [6, 6.07) is 6.11. The highest BCUT2D eigenvalue weighted by Gasteiger charge is 2.11. The Morgan fingerprint density at radius 1 is 1.47 bits per heavy atom. The molecule has 2 rings (SSSR count). The lowest BCUT2D eigenvalue weighted by Crippen LogP contribution is -1.99. The lowest BCUT2D eigenvalue weighted by Gasteiger charge is -2.06. The summed E-state index contributed by atoms with van der Waals surface area (Å²) >= 11 is 3.66. The second kappa shape index (κ2) is 5.87. The third-order valence-corrected chi connectivity index (χ3v) is 4.38. The van der Waals surface area contributed by atoms with Crippen molar-refractivity contribution in [3.8, 4) is 0 Å². The summed E-state index contributed by atoms with van der Waals surface area (Å²) < 4.78 is 1.18. The van der Waals surface area contributed by atoms with E-state index in [1.54, 1.807) is 0 Å². The van der Waals surface area contributed by atoms with Gasteiger partial charge in [0.25, 0.3) is 0 Å². The summed E-state index contributed by atoms with van der Waals surface area (Å²) in [4.78, 5) is 15.9. The zero-order valence-corrected chi connectivity index (χ0v) is 13.5. The fraction of sp³-hybridized carbons (Fsp3) is 0.231. The van der Waals surface area contributed by atoms with E-state index >= 15 is 0 Å². The molecule has 0 aliphatic heterocycles. The molecule has 6 heteroatoms. The van der Waals surface area contributed by atoms with Crippen molar-refractivity contribution in [2.45, 2.75) is 20.3 Å². The molecule has 0 saturated carbocycles. The molecule has 4 nitrogen and oxygen atoms in total. The van der Waals surface area contributed by atoms with Crippen LogP contribution in [0.2, 0.25) is 0 Å². The van der Waals surface area contributed by atoms with Crippen LogP contribution in [0.25, 0.3) is 0 Å². The predicted octanol–water partition coefficient (Wildman–Crippen LogP) is 3.74. The number of carbonyl (C=O) groups is 1. The van der Waals surface area contributed by atoms with Crippen molar-refractivity contribution in [2.24, 2.45) is 0 Å². The molecule has 0 aliphatic carbocycles. The molecule has 0 aliphatic rings. The monoisotopic (exact) mass is 388 g/mol. The lowest BCUT2D eigenvalue weighted by atomic mass is 10.2. The van der Waals surface area contributed by atoms with Gasteiger partial charge in [-0.1, -0.05) is 0 Å². The SMILES string of the molecule is Cc1cc(I)ccc1Nc1nc(C)c(CC(=O)O)s1. The van der Waals surface area contributed by atoms with Crippen molar-refractivity contribution >= 4 is 50.7 Å². The quantitative estimate of drug-likeness (QED) is 0.784. The molecular formula is C13H13IN2O2S. The maximum absolute atomic E-state index is 10.7. The van der Waals surface area contributed by atoms with Crippen LogP contribution in [0.1, 0.15) is 16.1 Å². The van der Waals surface area contributed by atoms with Gasteiger partial charge < -0.3 is 10.4 Å². The lowest BCUT2D eigenvalue weighted by molar-refractivity contribution is -0.136. The van der Waals surface area contributed by atoms with Gasteiger partial charge in [0.1, 0.15) is 0 Å². The van der Waals surface area contributed by atoms with Crippen LogP contribution in [0.15, 0.2) is 18.2 Å². The molecule has 1 aromatic carbocycles. The van der Waals surface area contributed by atoms with Gasteiger partial charge in [0.05, 0.1) is 12.1 Å². The van der Waals surface area contributed by atoms with Gasteiger partial charge in [-0.25, -0.2) is 4.98 Å². The van der Waals surface area contributed by atoms with E-state index in [9.17, 15) is 4.79 Å². The number of anilines is 2. The smallest absolute Gasteiger partial charge is 0.308 e. The van der Waals surface area contributed by atoms with E-state index in [2.05, 4.69) is 39.0 Å². The number of nitrogens with zero attached hydrogens (tertiary/aromatic N) is 1. The fourth-order valence-electron chi connectivity index (χ4n) is 1.67. The fourth-order valence-corrected chi connectivity index (χ4v) is 3.28. The first-order valence-corrected chi connectivity index (χ1v) is 7.56. The molecule has 1 aromatic heterocycles. The predicted molar refractivity (Wildman–Crippen MR) is 85.4 cm³/mol. The van der Waals surface area contributed by atoms with Gasteiger partial charge in [0.2, 0.25) is 0 Å². The largest absolute Gasteiger partial charge is 0.481 e. The Bertz CT molecular complexity index is 625. The van der Waals surface area contributed by atoms with Crippen LogP contribution in [0.3, 0.4) is 0 Å². The molecule has 0 bridgehead atoms. The first-order valence-electron chi connectivity index (χ1n) is 5.67. The van der Waals surface area contributed by atoms with E-state index < -0.39 is 5.97 Å². The third kappa shape index (κ3) is 3.66. The first-order chi connectivity index (χ1) is 8.95. The summed E-state index contributed by atoms with van der Waals surface area (Å²) in [7, 11) is 0. The van der Waals surface area contributed by atoms with Crippen LogP contribution in [0.5, 0.6) is 0 Å². The van der Waals surface area contributed by atoms with Crippen molar-refractivity contribution in [1.82, 2.24) is 4.98 Å². The highest BCUT2D eigenvalue weighted by atomic mass is 127. The Labute approximate surface area is 129 Å². The van der Waals surface area contributed by atoms with Gasteiger partial charge in [0.15, 0.2) is 5.13 Å². The van der Waals surface area contributed by atoms with Gasteiger partial charge in [-0.3, -0.25) is 4.79 Å². The molecule has 2 aromatic rings. The van der Waals surface area contributed by atoms with E-state index in [0.29, 0.717) is 0 Å². The minimum Gasteiger partial charge on any atom is -0.481 e. The number of rotatable bonds is 4. The van der Waals surface area contributed by atoms with Crippen molar-refractivity contribution in [2.75, 3.05) is 5.32 Å². The Balaban J connectivity index is 2.21. The Morgan fingerprint density at radius 2 is 2.21 bits per heavy atom. The van der Waals surface area contributed by atoms with Crippen LogP contribution in [0, 0.1) is 17.4 Å². The number of halogens is 1. The summed E-state index contributed by atoms with van der Waals surface area (Å²) in [5.41, 5.74) is 2.91. The number of aliphatic carboxylic acids is 1. The third-order valence-electron chi connectivity index (χ3n) is 2.63. The Kier molecular flexibility index (Phi) is 4.41. The Hall–Kier alpha value is -1.15. The second-order valence-corrected chi connectivity index (χ2v) is 6.51. The van der Waals surface area contributed by atoms with Crippen LogP contribution in [0.4, 0.5) is 10.8 Å². The van der Waals surface area contributed by atoms with Crippen molar-refractivity contribution in [3.63, 3.8) is 0 Å². The zero-order valence-electron chi connectivity index (χ0n) is 10.5. The van der Waals surface area contributed by atoms with Gasteiger partial charge >= 0.3 is 5.97 Å². The number of thiazole rings is 1. The molecule has 19 heavy (non-hydrogen) atoms. The molecule has 1 heterocycles. The normalized spacial score (nSPS) is 10.5. The van der Waals surface area contributed by atoms with E-state index in [-0.39, 0.29) is 6.42 Å². The minimum absolute atomic E-state index is 0.0247. The summed E-state index contributed by atoms with van der Waals surface area (Å²) in [6.45, 7) is 3.86. The van der Waals surface area contributed by atoms with E-state index in [4.69, 9.17) is 5.11 Å². The number of hydrogen-bond donors (Lipinski definition) is 2. The number of hydrogen-bond acceptors (Lipinski definition) is 4. The number of benzene rings is 1. The van der Waals surface area contributed by atoms with E-state index in [1.165, 1.54) is 14.9 Å². The topological polar surface area (TPSA) is 62.2 Å². The van der Waals surface area contributed by atoms with Crippen molar-refractivity contribution < 1.29 is 9.90 Å². The first kappa shape index (κ1) is 14.3. The highest BCUT2D eigenvalue weighted by Crippen LogP contribution is 2.28. The zero-order chi connectivity index (χ0) is 14.0. The minimum atomic E-state index is -0.830. The number of nitrogens with one attached hydrogen (secondary N) is 1. The van der Waals surface area contributed by atoms with E-state index in [0.717, 1.165) is 27.0 Å². The molecule has 0 fully saturated rings. The van der Waals surface area contributed by atoms with Gasteiger partial charge in [-0.2, -0.15) is 0 Å². The molecule has 0 radical (unpaired) electrons. The van der Waals surface area contributed by atoms with Crippen LogP contribution >= 0.6 is 33.9 Å². The molecule has 2 N–H and O–H groups in total. The number of carboxylic acid groups (broad SMARTS) is 1. The van der Waals surface area contributed by atoms with Gasteiger partial charge in [-0.05, 0) is 60.2 Å². The standard InChI is InChI=1S/C13H13IN2O2S/c1-7-5-9(14)3-4-10(7)16-13-15-8(2)11(19-13)6-12(17)18/h3-5H,6H2,1-2H3,(H,15,16)(H,17,18). The van der Waals surface area contributed by atoms with Crippen LogP contribution in [-0.2, 0) is 11.2 Å². The maximum Gasteiger partial charge on any atom is 0.308 e. The maximum atomic E-state index is 10.7. The summed E-state index contributed by atoms with van der Waals surface area (Å²) in [5, 5.41) is 12.8. The van der Waals surface area contributed by atoms with Crippen LogP contribution in [-0.4, -0.2) is 16.1 Å². The van der Waals surface area contributed by atoms with Gasteiger partial charge in [0, 0.05) is 14.1 Å². The van der Waals surface area contributed by atoms with Crippen LogP contribution < -0.4 is 5.32 Å². The molecule has 0 unspecified atom stereocenters. The summed E-state index contributed by atoms with van der Waals surface area (Å²) in [5.74, 6) is -0.830. The van der Waals surface area contributed by atoms with Gasteiger partial charge in [-0.15, -0.1) is 11.3 Å². The molecule has 100 valence electrons. The van der Waals surface area contributed by atoms with Crippen molar-refractivity contribution in [3.05, 3.63) is 37.9 Å². The summed E-state index contributed by atoms with van der Waals surface area (Å²) in [6.07, 6.45) is 0.0247. The molecule has 0 saturated heterocycles. The average molecular weight is 388 g/mol. The highest BCUT2D eigenvalue weighted by molar-refractivity contribution is 14.1. The number of aryl methyl sites for hydroxylation is 2. The number of carboxylic acids is 1. The number of aromatic nitrogens is 1. The molecule has 0 atom stereocenters. The molecule has 0 amide bonds. The average Bonchev–Trinajstić information content (AvgIpc) is 2.62.